The molecule has 5 heteroatoms. The van der Waals surface area contributed by atoms with Crippen LogP contribution in [0.3, 0.4) is 0 Å². The molecule has 0 fully saturated rings. The highest BCUT2D eigenvalue weighted by Crippen LogP contribution is 2.27. The van der Waals surface area contributed by atoms with Crippen LogP contribution in [-0.2, 0) is 0 Å². The molecule has 1 aromatic carbocycles. The Bertz CT molecular complexity index is 484. The Hall–Kier alpha value is -1.98. The van der Waals surface area contributed by atoms with Crippen molar-refractivity contribution >= 4 is 5.69 Å². The SMILES string of the molecule is OCCNc1c[nH]cc1C(CO)Oc1ccccc1. The van der Waals surface area contributed by atoms with Gasteiger partial charge in [-0.15, -0.1) is 0 Å². The topological polar surface area (TPSA) is 77.5 Å². The average molecular weight is 262 g/mol. The summed E-state index contributed by atoms with van der Waals surface area (Å²) in [6.07, 6.45) is 3.11. The van der Waals surface area contributed by atoms with E-state index in [4.69, 9.17) is 9.84 Å². The van der Waals surface area contributed by atoms with E-state index in [1.165, 1.54) is 0 Å². The quantitative estimate of drug-likeness (QED) is 0.610. The summed E-state index contributed by atoms with van der Waals surface area (Å²) in [5, 5.41) is 21.4. The van der Waals surface area contributed by atoms with Gasteiger partial charge in [-0.3, -0.25) is 0 Å². The first-order valence-corrected chi connectivity index (χ1v) is 6.19. The van der Waals surface area contributed by atoms with Crippen LogP contribution in [0.2, 0.25) is 0 Å². The van der Waals surface area contributed by atoms with Crippen molar-refractivity contribution in [3.8, 4) is 5.75 Å². The van der Waals surface area contributed by atoms with Crippen LogP contribution in [0.15, 0.2) is 42.7 Å². The number of aliphatic hydroxyl groups is 2. The molecule has 0 spiro atoms. The summed E-state index contributed by atoms with van der Waals surface area (Å²) in [7, 11) is 0. The first-order chi connectivity index (χ1) is 9.35. The number of para-hydroxylation sites is 1. The van der Waals surface area contributed by atoms with Gasteiger partial charge in [0.25, 0.3) is 0 Å². The van der Waals surface area contributed by atoms with E-state index in [9.17, 15) is 5.11 Å². The smallest absolute Gasteiger partial charge is 0.150 e. The zero-order chi connectivity index (χ0) is 13.5. The maximum atomic E-state index is 9.49. The third kappa shape index (κ3) is 3.49. The van der Waals surface area contributed by atoms with Gasteiger partial charge in [0.2, 0.25) is 0 Å². The van der Waals surface area contributed by atoms with Gasteiger partial charge in [0, 0.05) is 24.5 Å². The minimum absolute atomic E-state index is 0.0496. The number of rotatable bonds is 7. The van der Waals surface area contributed by atoms with Crippen molar-refractivity contribution in [1.29, 1.82) is 0 Å². The molecule has 1 aromatic heterocycles. The van der Waals surface area contributed by atoms with Crippen LogP contribution in [0.25, 0.3) is 0 Å². The first-order valence-electron chi connectivity index (χ1n) is 6.19. The van der Waals surface area contributed by atoms with Gasteiger partial charge in [-0.25, -0.2) is 0 Å². The molecule has 1 atom stereocenters. The molecule has 102 valence electrons. The molecule has 0 saturated carbocycles. The summed E-state index contributed by atoms with van der Waals surface area (Å²) in [4.78, 5) is 2.97. The lowest BCUT2D eigenvalue weighted by Crippen LogP contribution is -2.14. The van der Waals surface area contributed by atoms with E-state index in [-0.39, 0.29) is 13.2 Å². The zero-order valence-corrected chi connectivity index (χ0v) is 10.5. The second kappa shape index (κ2) is 6.82. The number of benzene rings is 1. The highest BCUT2D eigenvalue weighted by atomic mass is 16.5. The first kappa shape index (κ1) is 13.5. The molecule has 0 aliphatic carbocycles. The summed E-state index contributed by atoms with van der Waals surface area (Å²) >= 11 is 0. The maximum Gasteiger partial charge on any atom is 0.150 e. The fourth-order valence-electron chi connectivity index (χ4n) is 1.85. The van der Waals surface area contributed by atoms with Crippen molar-refractivity contribution in [3.05, 3.63) is 48.3 Å². The Morgan fingerprint density at radius 3 is 2.63 bits per heavy atom. The predicted molar refractivity (Wildman–Crippen MR) is 73.3 cm³/mol. The van der Waals surface area contributed by atoms with E-state index in [2.05, 4.69) is 10.3 Å². The van der Waals surface area contributed by atoms with E-state index in [0.29, 0.717) is 12.3 Å². The average Bonchev–Trinajstić information content (AvgIpc) is 2.92. The molecular weight excluding hydrogens is 244 g/mol. The van der Waals surface area contributed by atoms with Crippen molar-refractivity contribution in [2.75, 3.05) is 25.1 Å². The second-order valence-corrected chi connectivity index (χ2v) is 4.08. The number of aromatic amines is 1. The summed E-state index contributed by atoms with van der Waals surface area (Å²) < 4.78 is 5.76. The third-order valence-corrected chi connectivity index (χ3v) is 2.74. The lowest BCUT2D eigenvalue weighted by atomic mass is 10.1. The minimum atomic E-state index is -0.449. The van der Waals surface area contributed by atoms with Crippen LogP contribution in [0.5, 0.6) is 5.75 Å². The molecule has 0 radical (unpaired) electrons. The van der Waals surface area contributed by atoms with Gasteiger partial charge in [-0.05, 0) is 12.1 Å². The molecule has 0 bridgehead atoms. The van der Waals surface area contributed by atoms with E-state index in [1.54, 1.807) is 12.4 Å². The fraction of sp³-hybridized carbons (Fsp3) is 0.286. The normalized spacial score (nSPS) is 12.1. The standard InChI is InChI=1S/C14H18N2O3/c17-7-6-16-13-9-15-8-12(13)14(10-18)19-11-4-2-1-3-5-11/h1-5,8-9,14-18H,6-7,10H2. The number of aliphatic hydroxyl groups excluding tert-OH is 2. The predicted octanol–water partition coefficient (Wildman–Crippen LogP) is 1.53. The molecule has 19 heavy (non-hydrogen) atoms. The summed E-state index contributed by atoms with van der Waals surface area (Å²) in [6, 6.07) is 9.36. The Morgan fingerprint density at radius 2 is 1.95 bits per heavy atom. The van der Waals surface area contributed by atoms with Gasteiger partial charge in [0.1, 0.15) is 5.75 Å². The Morgan fingerprint density at radius 1 is 1.16 bits per heavy atom. The monoisotopic (exact) mass is 262 g/mol. The molecule has 0 aliphatic heterocycles. The zero-order valence-electron chi connectivity index (χ0n) is 10.5. The highest BCUT2D eigenvalue weighted by molar-refractivity contribution is 5.51. The number of H-pyrrole nitrogens is 1. The van der Waals surface area contributed by atoms with Crippen LogP contribution < -0.4 is 10.1 Å². The fourth-order valence-corrected chi connectivity index (χ4v) is 1.85. The number of nitrogens with one attached hydrogen (secondary N) is 2. The van der Waals surface area contributed by atoms with Gasteiger partial charge in [-0.1, -0.05) is 18.2 Å². The van der Waals surface area contributed by atoms with Gasteiger partial charge in [0.05, 0.1) is 18.9 Å². The Balaban J connectivity index is 2.11. The van der Waals surface area contributed by atoms with Gasteiger partial charge in [0.15, 0.2) is 6.10 Å². The molecule has 1 heterocycles. The van der Waals surface area contributed by atoms with E-state index >= 15 is 0 Å². The summed E-state index contributed by atoms with van der Waals surface area (Å²) in [5.74, 6) is 0.704. The Labute approximate surface area is 111 Å². The van der Waals surface area contributed by atoms with Crippen molar-refractivity contribution in [2.45, 2.75) is 6.10 Å². The lowest BCUT2D eigenvalue weighted by molar-refractivity contribution is 0.117. The number of aromatic nitrogens is 1. The summed E-state index contributed by atoms with van der Waals surface area (Å²) in [6.45, 7) is 0.378. The number of anilines is 1. The van der Waals surface area contributed by atoms with Gasteiger partial charge in [-0.2, -0.15) is 0 Å². The molecule has 2 rings (SSSR count). The van der Waals surface area contributed by atoms with Crippen LogP contribution in [0.4, 0.5) is 5.69 Å². The molecule has 2 aromatic rings. The lowest BCUT2D eigenvalue weighted by Gasteiger charge is -2.18. The maximum absolute atomic E-state index is 9.49. The minimum Gasteiger partial charge on any atom is -0.483 e. The number of ether oxygens (including phenoxy) is 1. The molecule has 1 unspecified atom stereocenters. The van der Waals surface area contributed by atoms with Crippen LogP contribution >= 0.6 is 0 Å². The van der Waals surface area contributed by atoms with Crippen LogP contribution in [-0.4, -0.2) is 35.0 Å². The van der Waals surface area contributed by atoms with Crippen molar-refractivity contribution < 1.29 is 14.9 Å². The second-order valence-electron chi connectivity index (χ2n) is 4.08. The number of hydrogen-bond donors (Lipinski definition) is 4. The third-order valence-electron chi connectivity index (χ3n) is 2.74. The van der Waals surface area contributed by atoms with Crippen molar-refractivity contribution in [2.24, 2.45) is 0 Å². The van der Waals surface area contributed by atoms with Crippen LogP contribution in [0, 0.1) is 0 Å². The van der Waals surface area contributed by atoms with E-state index in [1.807, 2.05) is 30.3 Å². The molecule has 0 amide bonds. The van der Waals surface area contributed by atoms with Gasteiger partial charge < -0.3 is 25.3 Å². The van der Waals surface area contributed by atoms with Crippen LogP contribution in [0.1, 0.15) is 11.7 Å². The Kier molecular flexibility index (Phi) is 4.83. The molecular formula is C14H18N2O3. The van der Waals surface area contributed by atoms with Crippen molar-refractivity contribution in [3.63, 3.8) is 0 Å². The molecule has 4 N–H and O–H groups in total. The molecule has 0 aliphatic rings. The largest absolute Gasteiger partial charge is 0.483 e. The summed E-state index contributed by atoms with van der Waals surface area (Å²) in [5.41, 5.74) is 1.66. The highest BCUT2D eigenvalue weighted by Gasteiger charge is 2.17. The van der Waals surface area contributed by atoms with Crippen molar-refractivity contribution in [1.82, 2.24) is 4.98 Å². The van der Waals surface area contributed by atoms with E-state index in [0.717, 1.165) is 11.3 Å². The number of hydrogen-bond acceptors (Lipinski definition) is 4. The molecule has 0 saturated heterocycles. The molecule has 5 nitrogen and oxygen atoms in total. The van der Waals surface area contributed by atoms with Gasteiger partial charge >= 0.3 is 0 Å². The van der Waals surface area contributed by atoms with E-state index < -0.39 is 6.10 Å².